The summed E-state index contributed by atoms with van der Waals surface area (Å²) in [6.45, 7) is 3.58. The zero-order valence-electron chi connectivity index (χ0n) is 16.1. The van der Waals surface area contributed by atoms with Crippen molar-refractivity contribution in [2.45, 2.75) is 18.7 Å². The van der Waals surface area contributed by atoms with Crippen LogP contribution in [0.3, 0.4) is 0 Å². The van der Waals surface area contributed by atoms with Crippen molar-refractivity contribution in [2.24, 2.45) is 0 Å². The van der Waals surface area contributed by atoms with Crippen molar-refractivity contribution < 1.29 is 22.9 Å². The summed E-state index contributed by atoms with van der Waals surface area (Å²) in [6, 6.07) is 12.4. The Bertz CT molecular complexity index is 1180. The van der Waals surface area contributed by atoms with Gasteiger partial charge in [0, 0.05) is 18.2 Å². The van der Waals surface area contributed by atoms with Crippen molar-refractivity contribution in [3.05, 3.63) is 76.0 Å². The van der Waals surface area contributed by atoms with Crippen LogP contribution in [0.25, 0.3) is 5.69 Å². The monoisotopic (exact) mass is 430 g/mol. The number of carbonyl (C=O) groups excluding carboxylic acids is 1. The number of aromatic nitrogens is 2. The van der Waals surface area contributed by atoms with E-state index in [0.29, 0.717) is 11.4 Å². The molecule has 10 nitrogen and oxygen atoms in total. The van der Waals surface area contributed by atoms with E-state index in [4.69, 9.17) is 4.74 Å². The number of nitrogens with zero attached hydrogens (tertiary/aromatic N) is 3. The van der Waals surface area contributed by atoms with Crippen molar-refractivity contribution in [1.29, 1.82) is 0 Å². The molecule has 0 atom stereocenters. The van der Waals surface area contributed by atoms with Crippen LogP contribution in [-0.4, -0.2) is 35.7 Å². The molecule has 1 N–H and O–H groups in total. The number of benzene rings is 2. The number of hydrogen-bond acceptors (Lipinski definition) is 7. The number of nitro groups is 1. The maximum atomic E-state index is 12.8. The minimum Gasteiger partial charge on any atom is -0.462 e. The van der Waals surface area contributed by atoms with Crippen LogP contribution in [0.4, 0.5) is 11.5 Å². The first-order valence-corrected chi connectivity index (χ1v) is 10.3. The first-order chi connectivity index (χ1) is 14.2. The molecule has 1 aromatic heterocycles. The molecule has 0 spiro atoms. The summed E-state index contributed by atoms with van der Waals surface area (Å²) in [5.74, 6) is -0.378. The predicted octanol–water partition coefficient (Wildman–Crippen LogP) is 3.07. The highest BCUT2D eigenvalue weighted by atomic mass is 32.2. The number of esters is 1. The van der Waals surface area contributed by atoms with Gasteiger partial charge in [-0.25, -0.2) is 17.9 Å². The number of nitrogens with one attached hydrogen (secondary N) is 1. The number of rotatable bonds is 7. The van der Waals surface area contributed by atoms with E-state index in [1.54, 1.807) is 13.8 Å². The van der Waals surface area contributed by atoms with E-state index in [0.717, 1.165) is 0 Å². The highest BCUT2D eigenvalue weighted by Gasteiger charge is 2.19. The fourth-order valence-corrected chi connectivity index (χ4v) is 3.70. The van der Waals surface area contributed by atoms with Crippen LogP contribution in [0, 0.1) is 17.0 Å². The molecule has 0 saturated heterocycles. The molecule has 156 valence electrons. The van der Waals surface area contributed by atoms with Gasteiger partial charge >= 0.3 is 5.97 Å². The molecule has 0 bridgehead atoms. The predicted molar refractivity (Wildman–Crippen MR) is 108 cm³/mol. The molecule has 3 aromatic rings. The van der Waals surface area contributed by atoms with Crippen molar-refractivity contribution >= 4 is 27.5 Å². The molecule has 1 heterocycles. The Morgan fingerprint density at radius 1 is 1.17 bits per heavy atom. The van der Waals surface area contributed by atoms with Gasteiger partial charge in [0.1, 0.15) is 5.82 Å². The average Bonchev–Trinajstić information content (AvgIpc) is 3.07. The van der Waals surface area contributed by atoms with E-state index in [1.807, 2.05) is 0 Å². The van der Waals surface area contributed by atoms with Crippen molar-refractivity contribution in [1.82, 2.24) is 9.78 Å². The summed E-state index contributed by atoms with van der Waals surface area (Å²) in [5.41, 5.74) is 1.14. The van der Waals surface area contributed by atoms with Gasteiger partial charge in [-0.15, -0.1) is 0 Å². The SMILES string of the molecule is CCOC(=O)c1ccc(S(=O)(=O)Nc2cc(C)nn2-c2ccc([N+](=O)[O-])cc2)cc1. The molecule has 0 saturated carbocycles. The lowest BCUT2D eigenvalue weighted by Gasteiger charge is -2.11. The smallest absolute Gasteiger partial charge is 0.338 e. The first-order valence-electron chi connectivity index (χ1n) is 8.83. The van der Waals surface area contributed by atoms with E-state index < -0.39 is 20.9 Å². The number of carbonyl (C=O) groups is 1. The molecule has 30 heavy (non-hydrogen) atoms. The molecule has 0 aliphatic heterocycles. The van der Waals surface area contributed by atoms with Gasteiger partial charge in [-0.2, -0.15) is 5.10 Å². The van der Waals surface area contributed by atoms with Crippen LogP contribution >= 0.6 is 0 Å². The minimum absolute atomic E-state index is 0.0512. The Kier molecular flexibility index (Phi) is 5.83. The van der Waals surface area contributed by atoms with E-state index >= 15 is 0 Å². The summed E-state index contributed by atoms with van der Waals surface area (Å²) in [6.07, 6.45) is 0. The van der Waals surface area contributed by atoms with Gasteiger partial charge in [0.2, 0.25) is 0 Å². The van der Waals surface area contributed by atoms with Gasteiger partial charge in [-0.3, -0.25) is 14.8 Å². The summed E-state index contributed by atoms with van der Waals surface area (Å²) >= 11 is 0. The topological polar surface area (TPSA) is 133 Å². The zero-order valence-corrected chi connectivity index (χ0v) is 16.9. The molecule has 3 rings (SSSR count). The van der Waals surface area contributed by atoms with Crippen molar-refractivity contribution in [3.63, 3.8) is 0 Å². The summed E-state index contributed by atoms with van der Waals surface area (Å²) in [4.78, 5) is 22.0. The van der Waals surface area contributed by atoms with Crippen LogP contribution in [0.15, 0.2) is 59.5 Å². The second kappa shape index (κ2) is 8.33. The second-order valence-electron chi connectivity index (χ2n) is 6.21. The quantitative estimate of drug-likeness (QED) is 0.346. The molecule has 0 aliphatic carbocycles. The van der Waals surface area contributed by atoms with Gasteiger partial charge in [-0.05, 0) is 50.2 Å². The molecule has 0 amide bonds. The number of anilines is 1. The summed E-state index contributed by atoms with van der Waals surface area (Å²) in [7, 11) is -3.98. The number of non-ortho nitro benzene ring substituents is 1. The van der Waals surface area contributed by atoms with Gasteiger partial charge in [0.05, 0.1) is 33.4 Å². The Hall–Kier alpha value is -3.73. The second-order valence-corrected chi connectivity index (χ2v) is 7.89. The normalized spacial score (nSPS) is 11.1. The average molecular weight is 430 g/mol. The molecule has 0 aliphatic rings. The lowest BCUT2D eigenvalue weighted by Crippen LogP contribution is -2.16. The molecule has 0 radical (unpaired) electrons. The molecule has 0 unspecified atom stereocenters. The number of ether oxygens (including phenoxy) is 1. The standard InChI is InChI=1S/C19H18N4O6S/c1-3-29-19(24)14-4-10-17(11-5-14)30(27,28)21-18-12-13(2)20-22(18)15-6-8-16(9-7-15)23(25)26/h4-12,21H,3H2,1-2H3. The van der Waals surface area contributed by atoms with Crippen LogP contribution in [0.1, 0.15) is 23.0 Å². The number of hydrogen-bond donors (Lipinski definition) is 1. The van der Waals surface area contributed by atoms with Gasteiger partial charge < -0.3 is 4.74 Å². The van der Waals surface area contributed by atoms with Gasteiger partial charge in [0.25, 0.3) is 15.7 Å². The zero-order chi connectivity index (χ0) is 21.9. The van der Waals surface area contributed by atoms with E-state index in [1.165, 1.54) is 59.3 Å². The maximum Gasteiger partial charge on any atom is 0.338 e. The number of aryl methyl sites for hydroxylation is 1. The van der Waals surface area contributed by atoms with E-state index in [-0.39, 0.29) is 28.6 Å². The number of sulfonamides is 1. The van der Waals surface area contributed by atoms with Crippen molar-refractivity contribution in [3.8, 4) is 5.69 Å². The molecule has 0 fully saturated rings. The maximum absolute atomic E-state index is 12.8. The Balaban J connectivity index is 1.89. The highest BCUT2D eigenvalue weighted by molar-refractivity contribution is 7.92. The summed E-state index contributed by atoms with van der Waals surface area (Å²) in [5, 5.41) is 15.1. The molecule has 11 heteroatoms. The lowest BCUT2D eigenvalue weighted by molar-refractivity contribution is -0.384. The van der Waals surface area contributed by atoms with Crippen LogP contribution < -0.4 is 4.72 Å². The molecular weight excluding hydrogens is 412 g/mol. The van der Waals surface area contributed by atoms with Crippen LogP contribution in [0.2, 0.25) is 0 Å². The lowest BCUT2D eigenvalue weighted by atomic mass is 10.2. The number of nitro benzene ring substituents is 1. The van der Waals surface area contributed by atoms with Gasteiger partial charge in [0.15, 0.2) is 0 Å². The summed E-state index contributed by atoms with van der Waals surface area (Å²) < 4.78 is 34.2. The largest absolute Gasteiger partial charge is 0.462 e. The third-order valence-corrected chi connectivity index (χ3v) is 5.42. The fourth-order valence-electron chi connectivity index (χ4n) is 2.67. The third kappa shape index (κ3) is 4.46. The van der Waals surface area contributed by atoms with Crippen LogP contribution in [0.5, 0.6) is 0 Å². The highest BCUT2D eigenvalue weighted by Crippen LogP contribution is 2.23. The Morgan fingerprint density at radius 2 is 1.80 bits per heavy atom. The Morgan fingerprint density at radius 3 is 2.37 bits per heavy atom. The minimum atomic E-state index is -3.98. The van der Waals surface area contributed by atoms with E-state index in [9.17, 15) is 23.3 Å². The fraction of sp³-hybridized carbons (Fsp3) is 0.158. The molecular formula is C19H18N4O6S. The van der Waals surface area contributed by atoms with Crippen LogP contribution in [-0.2, 0) is 14.8 Å². The molecule has 2 aromatic carbocycles. The first kappa shape index (κ1) is 21.0. The Labute approximate surface area is 172 Å². The third-order valence-electron chi connectivity index (χ3n) is 4.05. The van der Waals surface area contributed by atoms with E-state index in [2.05, 4.69) is 9.82 Å². The van der Waals surface area contributed by atoms with Crippen molar-refractivity contribution in [2.75, 3.05) is 11.3 Å². The van der Waals surface area contributed by atoms with Gasteiger partial charge in [-0.1, -0.05) is 0 Å².